The topological polar surface area (TPSA) is 43.6 Å². The zero-order chi connectivity index (χ0) is 11.9. The first-order chi connectivity index (χ1) is 8.38. The molecule has 1 aliphatic rings. The standard InChI is InChI=1S/C13H21NO3/c1-2-14-8-11-5-6-13(17-11)10-15-9-12-4-3-7-16-12/h3-4,7,11,13-14H,2,5-6,8-10H2,1H3. The molecule has 2 heterocycles. The van der Waals surface area contributed by atoms with Crippen LogP contribution in [0, 0.1) is 0 Å². The molecule has 0 bridgehead atoms. The van der Waals surface area contributed by atoms with Crippen molar-refractivity contribution in [3.8, 4) is 0 Å². The molecule has 0 saturated carbocycles. The third kappa shape index (κ3) is 4.15. The van der Waals surface area contributed by atoms with E-state index >= 15 is 0 Å². The molecule has 1 aliphatic heterocycles. The first-order valence-electron chi connectivity index (χ1n) is 6.34. The van der Waals surface area contributed by atoms with Gasteiger partial charge < -0.3 is 19.2 Å². The predicted octanol–water partition coefficient (Wildman–Crippen LogP) is 1.95. The second-order valence-electron chi connectivity index (χ2n) is 4.36. The van der Waals surface area contributed by atoms with Gasteiger partial charge in [-0.15, -0.1) is 0 Å². The van der Waals surface area contributed by atoms with Crippen molar-refractivity contribution in [2.75, 3.05) is 19.7 Å². The van der Waals surface area contributed by atoms with E-state index in [0.29, 0.717) is 19.3 Å². The highest BCUT2D eigenvalue weighted by molar-refractivity contribution is 4.96. The molecule has 0 radical (unpaired) electrons. The summed E-state index contributed by atoms with van der Waals surface area (Å²) >= 11 is 0. The third-order valence-corrected chi connectivity index (χ3v) is 2.95. The average Bonchev–Trinajstić information content (AvgIpc) is 2.98. The second kappa shape index (κ2) is 6.79. The van der Waals surface area contributed by atoms with Crippen LogP contribution in [0.15, 0.2) is 22.8 Å². The lowest BCUT2D eigenvalue weighted by Gasteiger charge is -2.13. The van der Waals surface area contributed by atoms with Crippen molar-refractivity contribution in [3.63, 3.8) is 0 Å². The van der Waals surface area contributed by atoms with Gasteiger partial charge in [-0.05, 0) is 31.5 Å². The van der Waals surface area contributed by atoms with E-state index in [1.807, 2.05) is 12.1 Å². The van der Waals surface area contributed by atoms with Crippen LogP contribution in [0.5, 0.6) is 0 Å². The largest absolute Gasteiger partial charge is 0.467 e. The SMILES string of the molecule is CCNCC1CCC(COCc2ccco2)O1. The van der Waals surface area contributed by atoms with Crippen molar-refractivity contribution in [1.29, 1.82) is 0 Å². The van der Waals surface area contributed by atoms with Crippen molar-refractivity contribution < 1.29 is 13.9 Å². The van der Waals surface area contributed by atoms with Crippen LogP contribution in [0.25, 0.3) is 0 Å². The lowest BCUT2D eigenvalue weighted by Crippen LogP contribution is -2.27. The normalized spacial score (nSPS) is 24.3. The van der Waals surface area contributed by atoms with Crippen LogP contribution in [0.1, 0.15) is 25.5 Å². The molecular weight excluding hydrogens is 218 g/mol. The fraction of sp³-hybridized carbons (Fsp3) is 0.692. The van der Waals surface area contributed by atoms with Gasteiger partial charge in [0.25, 0.3) is 0 Å². The Hall–Kier alpha value is -0.840. The molecule has 1 N–H and O–H groups in total. The molecule has 1 aromatic heterocycles. The molecule has 17 heavy (non-hydrogen) atoms. The van der Waals surface area contributed by atoms with Crippen molar-refractivity contribution in [2.45, 2.75) is 38.6 Å². The van der Waals surface area contributed by atoms with Crippen LogP contribution in [0.2, 0.25) is 0 Å². The Labute approximate surface area is 102 Å². The highest BCUT2D eigenvalue weighted by Gasteiger charge is 2.24. The van der Waals surface area contributed by atoms with Crippen molar-refractivity contribution in [1.82, 2.24) is 5.32 Å². The van der Waals surface area contributed by atoms with Gasteiger partial charge in [-0.1, -0.05) is 6.92 Å². The van der Waals surface area contributed by atoms with Gasteiger partial charge in [0.15, 0.2) is 0 Å². The van der Waals surface area contributed by atoms with E-state index in [1.165, 1.54) is 0 Å². The molecule has 1 fully saturated rings. The maximum Gasteiger partial charge on any atom is 0.129 e. The smallest absolute Gasteiger partial charge is 0.129 e. The highest BCUT2D eigenvalue weighted by atomic mass is 16.5. The molecule has 4 nitrogen and oxygen atoms in total. The van der Waals surface area contributed by atoms with Gasteiger partial charge in [0.1, 0.15) is 12.4 Å². The minimum Gasteiger partial charge on any atom is -0.467 e. The number of ether oxygens (including phenoxy) is 2. The molecule has 2 atom stereocenters. The molecule has 1 aromatic rings. The molecule has 96 valence electrons. The van der Waals surface area contributed by atoms with Crippen molar-refractivity contribution in [3.05, 3.63) is 24.2 Å². The minimum atomic E-state index is 0.244. The van der Waals surface area contributed by atoms with Gasteiger partial charge in [-0.3, -0.25) is 0 Å². The zero-order valence-corrected chi connectivity index (χ0v) is 10.4. The van der Waals surface area contributed by atoms with E-state index in [-0.39, 0.29) is 6.10 Å². The van der Waals surface area contributed by atoms with Crippen LogP contribution >= 0.6 is 0 Å². The van der Waals surface area contributed by atoms with E-state index < -0.39 is 0 Å². The summed E-state index contributed by atoms with van der Waals surface area (Å²) in [7, 11) is 0. The van der Waals surface area contributed by atoms with Crippen LogP contribution in [0.4, 0.5) is 0 Å². The first-order valence-corrected chi connectivity index (χ1v) is 6.34. The second-order valence-corrected chi connectivity index (χ2v) is 4.36. The number of nitrogens with one attached hydrogen (secondary N) is 1. The number of hydrogen-bond donors (Lipinski definition) is 1. The van der Waals surface area contributed by atoms with E-state index in [9.17, 15) is 0 Å². The Morgan fingerprint density at radius 1 is 1.41 bits per heavy atom. The highest BCUT2D eigenvalue weighted by Crippen LogP contribution is 2.19. The summed E-state index contributed by atoms with van der Waals surface area (Å²) in [5, 5.41) is 3.31. The third-order valence-electron chi connectivity index (χ3n) is 2.95. The quantitative estimate of drug-likeness (QED) is 0.790. The van der Waals surface area contributed by atoms with Gasteiger partial charge in [-0.25, -0.2) is 0 Å². The van der Waals surface area contributed by atoms with Gasteiger partial charge in [0, 0.05) is 6.54 Å². The van der Waals surface area contributed by atoms with Gasteiger partial charge in [-0.2, -0.15) is 0 Å². The first kappa shape index (κ1) is 12.6. The lowest BCUT2D eigenvalue weighted by atomic mass is 10.2. The Kier molecular flexibility index (Phi) is 5.04. The predicted molar refractivity (Wildman–Crippen MR) is 64.8 cm³/mol. The molecule has 2 rings (SSSR count). The fourth-order valence-electron chi connectivity index (χ4n) is 2.04. The summed E-state index contributed by atoms with van der Waals surface area (Å²) in [6.07, 6.45) is 4.48. The monoisotopic (exact) mass is 239 g/mol. The van der Waals surface area contributed by atoms with E-state index in [0.717, 1.165) is 31.7 Å². The Morgan fingerprint density at radius 3 is 3.06 bits per heavy atom. The summed E-state index contributed by atoms with van der Waals surface area (Å²) in [6.45, 7) is 5.25. The lowest BCUT2D eigenvalue weighted by molar-refractivity contribution is -0.0219. The summed E-state index contributed by atoms with van der Waals surface area (Å²) in [4.78, 5) is 0. The number of hydrogen-bond acceptors (Lipinski definition) is 4. The Bertz CT molecular complexity index is 300. The Balaban J connectivity index is 1.58. The average molecular weight is 239 g/mol. The van der Waals surface area contributed by atoms with Gasteiger partial charge in [0.2, 0.25) is 0 Å². The molecular formula is C13H21NO3. The van der Waals surface area contributed by atoms with Crippen LogP contribution in [0.3, 0.4) is 0 Å². The minimum absolute atomic E-state index is 0.244. The maximum absolute atomic E-state index is 5.86. The molecule has 1 saturated heterocycles. The maximum atomic E-state index is 5.86. The fourth-order valence-corrected chi connectivity index (χ4v) is 2.04. The van der Waals surface area contributed by atoms with Crippen molar-refractivity contribution in [2.24, 2.45) is 0 Å². The number of furan rings is 1. The van der Waals surface area contributed by atoms with Crippen LogP contribution in [-0.2, 0) is 16.1 Å². The van der Waals surface area contributed by atoms with Gasteiger partial charge in [0.05, 0.1) is 25.1 Å². The molecule has 0 aliphatic carbocycles. The summed E-state index contributed by atoms with van der Waals surface area (Å²) < 4.78 is 16.6. The number of likely N-dealkylation sites (N-methyl/N-ethyl adjacent to an activating group) is 1. The van der Waals surface area contributed by atoms with Crippen molar-refractivity contribution >= 4 is 0 Å². The molecule has 4 heteroatoms. The van der Waals surface area contributed by atoms with E-state index in [2.05, 4.69) is 12.2 Å². The zero-order valence-electron chi connectivity index (χ0n) is 10.4. The number of rotatable bonds is 7. The summed E-state index contributed by atoms with van der Waals surface area (Å²) in [5.74, 6) is 0.868. The van der Waals surface area contributed by atoms with E-state index in [1.54, 1.807) is 6.26 Å². The summed E-state index contributed by atoms with van der Waals surface area (Å²) in [6, 6.07) is 3.79. The summed E-state index contributed by atoms with van der Waals surface area (Å²) in [5.41, 5.74) is 0. The molecule has 0 amide bonds. The van der Waals surface area contributed by atoms with Crippen LogP contribution < -0.4 is 5.32 Å². The van der Waals surface area contributed by atoms with Gasteiger partial charge >= 0.3 is 0 Å². The molecule has 0 aromatic carbocycles. The Morgan fingerprint density at radius 2 is 2.29 bits per heavy atom. The molecule has 0 spiro atoms. The van der Waals surface area contributed by atoms with Crippen LogP contribution in [-0.4, -0.2) is 31.9 Å². The van der Waals surface area contributed by atoms with E-state index in [4.69, 9.17) is 13.9 Å². The molecule has 2 unspecified atom stereocenters.